The number of nitrogens with two attached hydrogens (primary N) is 1. The number of piperidine rings is 1. The molecule has 0 radical (unpaired) electrons. The lowest BCUT2D eigenvalue weighted by Gasteiger charge is -2.34. The molecule has 1 aromatic heterocycles. The SMILES string of the molecule is C[C@@H](CN)NC(=O)C1CCCCN1C(=O)c1ccco1. The Morgan fingerprint density at radius 2 is 2.35 bits per heavy atom. The van der Waals surface area contributed by atoms with Crippen molar-refractivity contribution >= 4 is 11.8 Å². The summed E-state index contributed by atoms with van der Waals surface area (Å²) >= 11 is 0. The molecule has 0 saturated carbocycles. The molecule has 1 unspecified atom stereocenters. The van der Waals surface area contributed by atoms with Gasteiger partial charge < -0.3 is 20.4 Å². The van der Waals surface area contributed by atoms with Crippen LogP contribution in [0.5, 0.6) is 0 Å². The van der Waals surface area contributed by atoms with Crippen molar-refractivity contribution in [3.8, 4) is 0 Å². The van der Waals surface area contributed by atoms with Gasteiger partial charge in [-0.15, -0.1) is 0 Å². The van der Waals surface area contributed by atoms with Gasteiger partial charge >= 0.3 is 0 Å². The minimum atomic E-state index is -0.435. The maximum Gasteiger partial charge on any atom is 0.290 e. The van der Waals surface area contributed by atoms with E-state index in [0.29, 0.717) is 19.5 Å². The maximum absolute atomic E-state index is 12.4. The quantitative estimate of drug-likeness (QED) is 0.850. The van der Waals surface area contributed by atoms with Gasteiger partial charge in [-0.25, -0.2) is 0 Å². The van der Waals surface area contributed by atoms with Gasteiger partial charge in [0, 0.05) is 19.1 Å². The Kier molecular flexibility index (Phi) is 4.79. The Labute approximate surface area is 118 Å². The third-order valence-corrected chi connectivity index (χ3v) is 3.54. The van der Waals surface area contributed by atoms with Gasteiger partial charge in [0.15, 0.2) is 5.76 Å². The summed E-state index contributed by atoms with van der Waals surface area (Å²) in [5, 5.41) is 2.84. The van der Waals surface area contributed by atoms with Crippen LogP contribution in [0.4, 0.5) is 0 Å². The topological polar surface area (TPSA) is 88.6 Å². The van der Waals surface area contributed by atoms with Crippen LogP contribution in [0.3, 0.4) is 0 Å². The number of nitrogens with zero attached hydrogens (tertiary/aromatic N) is 1. The van der Waals surface area contributed by atoms with Crippen LogP contribution in [-0.2, 0) is 4.79 Å². The molecule has 1 aromatic rings. The number of hydrogen-bond acceptors (Lipinski definition) is 4. The van der Waals surface area contributed by atoms with Crippen molar-refractivity contribution in [2.75, 3.05) is 13.1 Å². The van der Waals surface area contributed by atoms with Gasteiger partial charge in [-0.05, 0) is 38.3 Å². The highest BCUT2D eigenvalue weighted by atomic mass is 16.3. The Morgan fingerprint density at radius 3 is 3.00 bits per heavy atom. The van der Waals surface area contributed by atoms with E-state index in [0.717, 1.165) is 12.8 Å². The number of carbonyl (C=O) groups excluding carboxylic acids is 2. The minimum Gasteiger partial charge on any atom is -0.459 e. The molecule has 0 aromatic carbocycles. The molecule has 0 aliphatic carbocycles. The minimum absolute atomic E-state index is 0.0926. The summed E-state index contributed by atoms with van der Waals surface area (Å²) in [7, 11) is 0. The number of rotatable bonds is 4. The summed E-state index contributed by atoms with van der Waals surface area (Å²) < 4.78 is 5.14. The summed E-state index contributed by atoms with van der Waals surface area (Å²) in [5.41, 5.74) is 5.51. The monoisotopic (exact) mass is 279 g/mol. The van der Waals surface area contributed by atoms with Crippen LogP contribution in [-0.4, -0.2) is 41.9 Å². The molecule has 0 bridgehead atoms. The molecular formula is C14H21N3O3. The van der Waals surface area contributed by atoms with E-state index in [1.807, 2.05) is 6.92 Å². The standard InChI is InChI=1S/C14H21N3O3/c1-10(9-15)16-13(18)11-5-2-3-7-17(11)14(19)12-6-4-8-20-12/h4,6,8,10-11H,2-3,5,7,9,15H2,1H3,(H,16,18)/t10-,11?/m0/s1. The molecular weight excluding hydrogens is 258 g/mol. The maximum atomic E-state index is 12.4. The molecule has 1 fully saturated rings. The number of nitrogens with one attached hydrogen (secondary N) is 1. The Morgan fingerprint density at radius 1 is 1.55 bits per heavy atom. The van der Waals surface area contributed by atoms with Crippen molar-refractivity contribution in [2.24, 2.45) is 5.73 Å². The summed E-state index contributed by atoms with van der Waals surface area (Å²) in [6, 6.07) is 2.76. The van der Waals surface area contributed by atoms with Crippen molar-refractivity contribution in [3.05, 3.63) is 24.2 Å². The molecule has 20 heavy (non-hydrogen) atoms. The third-order valence-electron chi connectivity index (χ3n) is 3.54. The summed E-state index contributed by atoms with van der Waals surface area (Å²) in [6.07, 6.45) is 3.98. The van der Waals surface area contributed by atoms with Crippen molar-refractivity contribution in [1.82, 2.24) is 10.2 Å². The first-order valence-electron chi connectivity index (χ1n) is 6.98. The zero-order valence-electron chi connectivity index (χ0n) is 11.7. The first-order chi connectivity index (χ1) is 9.63. The summed E-state index contributed by atoms with van der Waals surface area (Å²) in [4.78, 5) is 26.2. The highest BCUT2D eigenvalue weighted by Crippen LogP contribution is 2.20. The van der Waals surface area contributed by atoms with Crippen molar-refractivity contribution < 1.29 is 14.0 Å². The number of furan rings is 1. The van der Waals surface area contributed by atoms with E-state index in [-0.39, 0.29) is 23.6 Å². The Bertz CT molecular complexity index is 458. The van der Waals surface area contributed by atoms with Gasteiger partial charge in [-0.1, -0.05) is 0 Å². The Balaban J connectivity index is 2.09. The second kappa shape index (κ2) is 6.56. The number of likely N-dealkylation sites (tertiary alicyclic amines) is 1. The van der Waals surface area contributed by atoms with Crippen LogP contribution < -0.4 is 11.1 Å². The average Bonchev–Trinajstić information content (AvgIpc) is 3.00. The van der Waals surface area contributed by atoms with E-state index >= 15 is 0 Å². The molecule has 1 aliphatic rings. The molecule has 6 nitrogen and oxygen atoms in total. The molecule has 1 saturated heterocycles. The van der Waals surface area contributed by atoms with Gasteiger partial charge in [0.25, 0.3) is 5.91 Å². The first-order valence-corrected chi connectivity index (χ1v) is 6.98. The molecule has 1 aliphatic heterocycles. The largest absolute Gasteiger partial charge is 0.459 e. The molecule has 2 atom stereocenters. The van der Waals surface area contributed by atoms with Crippen molar-refractivity contribution in [2.45, 2.75) is 38.3 Å². The second-order valence-corrected chi connectivity index (χ2v) is 5.13. The molecule has 0 spiro atoms. The Hall–Kier alpha value is -1.82. The van der Waals surface area contributed by atoms with Crippen LogP contribution in [0.2, 0.25) is 0 Å². The van der Waals surface area contributed by atoms with Crippen molar-refractivity contribution in [1.29, 1.82) is 0 Å². The van der Waals surface area contributed by atoms with E-state index in [1.54, 1.807) is 17.0 Å². The van der Waals surface area contributed by atoms with Gasteiger partial charge in [0.05, 0.1) is 6.26 Å². The molecule has 6 heteroatoms. The molecule has 3 N–H and O–H groups in total. The average molecular weight is 279 g/mol. The number of hydrogen-bond donors (Lipinski definition) is 2. The predicted molar refractivity (Wildman–Crippen MR) is 74.0 cm³/mol. The first kappa shape index (κ1) is 14.6. The van der Waals surface area contributed by atoms with Crippen LogP contribution in [0.15, 0.2) is 22.8 Å². The number of amides is 2. The van der Waals surface area contributed by atoms with E-state index in [9.17, 15) is 9.59 Å². The fourth-order valence-corrected chi connectivity index (χ4v) is 2.39. The van der Waals surface area contributed by atoms with Crippen LogP contribution in [0.25, 0.3) is 0 Å². The van der Waals surface area contributed by atoms with E-state index in [4.69, 9.17) is 10.2 Å². The zero-order chi connectivity index (χ0) is 14.5. The molecule has 2 heterocycles. The van der Waals surface area contributed by atoms with E-state index in [2.05, 4.69) is 5.32 Å². The van der Waals surface area contributed by atoms with Gasteiger partial charge in [-0.2, -0.15) is 0 Å². The second-order valence-electron chi connectivity index (χ2n) is 5.13. The fourth-order valence-electron chi connectivity index (χ4n) is 2.39. The zero-order valence-corrected chi connectivity index (χ0v) is 11.7. The van der Waals surface area contributed by atoms with E-state index < -0.39 is 6.04 Å². The van der Waals surface area contributed by atoms with Crippen molar-refractivity contribution in [3.63, 3.8) is 0 Å². The summed E-state index contributed by atoms with van der Waals surface area (Å²) in [5.74, 6) is -0.0885. The smallest absolute Gasteiger partial charge is 0.290 e. The molecule has 110 valence electrons. The highest BCUT2D eigenvalue weighted by molar-refractivity contribution is 5.95. The lowest BCUT2D eigenvalue weighted by Crippen LogP contribution is -2.54. The van der Waals surface area contributed by atoms with Gasteiger partial charge in [0.2, 0.25) is 5.91 Å². The highest BCUT2D eigenvalue weighted by Gasteiger charge is 2.33. The summed E-state index contributed by atoms with van der Waals surface area (Å²) in [6.45, 7) is 2.80. The van der Waals surface area contributed by atoms with E-state index in [1.165, 1.54) is 6.26 Å². The molecule has 2 amide bonds. The van der Waals surface area contributed by atoms with Gasteiger partial charge in [-0.3, -0.25) is 9.59 Å². The molecule has 2 rings (SSSR count). The normalized spacial score (nSPS) is 20.5. The third kappa shape index (κ3) is 3.19. The van der Waals surface area contributed by atoms with Gasteiger partial charge in [0.1, 0.15) is 6.04 Å². The van der Waals surface area contributed by atoms with Crippen LogP contribution in [0, 0.1) is 0 Å². The fraction of sp³-hybridized carbons (Fsp3) is 0.571. The van der Waals surface area contributed by atoms with Crippen LogP contribution >= 0.6 is 0 Å². The lowest BCUT2D eigenvalue weighted by atomic mass is 10.0. The number of carbonyl (C=O) groups is 2. The van der Waals surface area contributed by atoms with Crippen LogP contribution in [0.1, 0.15) is 36.7 Å². The lowest BCUT2D eigenvalue weighted by molar-refractivity contribution is -0.127. The predicted octanol–water partition coefficient (Wildman–Crippen LogP) is 0.738.